The van der Waals surface area contributed by atoms with E-state index in [1.165, 1.54) is 6.26 Å². The van der Waals surface area contributed by atoms with Gasteiger partial charge in [0.05, 0.1) is 18.1 Å². The normalized spacial score (nSPS) is 10.6. The molecule has 5 nitrogen and oxygen atoms in total. The zero-order chi connectivity index (χ0) is 19.2. The van der Waals surface area contributed by atoms with E-state index in [9.17, 15) is 4.79 Å². The molecule has 0 radical (unpaired) electrons. The molecule has 1 N–H and O–H groups in total. The molecule has 0 spiro atoms. The lowest BCUT2D eigenvalue weighted by Crippen LogP contribution is -2.12. The van der Waals surface area contributed by atoms with Crippen LogP contribution in [0.25, 0.3) is 0 Å². The van der Waals surface area contributed by atoms with Gasteiger partial charge in [-0.05, 0) is 29.3 Å². The highest BCUT2D eigenvalue weighted by molar-refractivity contribution is 6.02. The van der Waals surface area contributed by atoms with Crippen molar-refractivity contribution in [3.63, 3.8) is 0 Å². The minimum Gasteiger partial charge on any atom is -0.465 e. The maximum Gasteiger partial charge on any atom is 0.291 e. The number of aromatic nitrogens is 1. The SMILES string of the molecule is O=C(Nc1ccc(OC(c2ccccc2)c2ccccc2)nc1)c1ccco1. The summed E-state index contributed by atoms with van der Waals surface area (Å²) in [6, 6.07) is 26.7. The van der Waals surface area contributed by atoms with Crippen molar-refractivity contribution < 1.29 is 13.9 Å². The first-order valence-electron chi connectivity index (χ1n) is 8.87. The Labute approximate surface area is 162 Å². The van der Waals surface area contributed by atoms with Crippen LogP contribution >= 0.6 is 0 Å². The predicted octanol–water partition coefficient (Wildman–Crippen LogP) is 5.10. The predicted molar refractivity (Wildman–Crippen MR) is 106 cm³/mol. The number of hydrogen-bond donors (Lipinski definition) is 1. The van der Waals surface area contributed by atoms with Gasteiger partial charge in [0, 0.05) is 6.07 Å². The van der Waals surface area contributed by atoms with Crippen LogP contribution in [0.2, 0.25) is 0 Å². The van der Waals surface area contributed by atoms with Crippen LogP contribution in [0.1, 0.15) is 27.8 Å². The third kappa shape index (κ3) is 4.10. The summed E-state index contributed by atoms with van der Waals surface area (Å²) in [5.74, 6) is 0.383. The second kappa shape index (κ2) is 8.22. The van der Waals surface area contributed by atoms with Gasteiger partial charge in [-0.2, -0.15) is 0 Å². The van der Waals surface area contributed by atoms with E-state index in [-0.39, 0.29) is 17.8 Å². The molecule has 0 aliphatic carbocycles. The van der Waals surface area contributed by atoms with E-state index in [4.69, 9.17) is 9.15 Å². The van der Waals surface area contributed by atoms with Crippen LogP contribution in [0.4, 0.5) is 5.69 Å². The van der Waals surface area contributed by atoms with Crippen LogP contribution in [0, 0.1) is 0 Å². The summed E-state index contributed by atoms with van der Waals surface area (Å²) in [4.78, 5) is 16.4. The third-order valence-corrected chi connectivity index (χ3v) is 4.18. The van der Waals surface area contributed by atoms with Gasteiger partial charge in [-0.15, -0.1) is 0 Å². The molecule has 2 aromatic carbocycles. The molecular formula is C23H18N2O3. The first-order valence-corrected chi connectivity index (χ1v) is 8.87. The van der Waals surface area contributed by atoms with E-state index < -0.39 is 0 Å². The lowest BCUT2D eigenvalue weighted by atomic mass is 10.0. The van der Waals surface area contributed by atoms with Crippen molar-refractivity contribution in [3.8, 4) is 5.88 Å². The van der Waals surface area contributed by atoms with Crippen molar-refractivity contribution in [2.75, 3.05) is 5.32 Å². The second-order valence-corrected chi connectivity index (χ2v) is 6.14. The number of carbonyl (C=O) groups is 1. The molecule has 0 bridgehead atoms. The van der Waals surface area contributed by atoms with E-state index in [0.717, 1.165) is 11.1 Å². The number of ether oxygens (including phenoxy) is 1. The Balaban J connectivity index is 1.52. The van der Waals surface area contributed by atoms with Gasteiger partial charge in [-0.1, -0.05) is 60.7 Å². The van der Waals surface area contributed by atoms with Gasteiger partial charge in [0.2, 0.25) is 5.88 Å². The number of nitrogens with one attached hydrogen (secondary N) is 1. The molecular weight excluding hydrogens is 352 g/mol. The Hall–Kier alpha value is -3.86. The number of anilines is 1. The van der Waals surface area contributed by atoms with Gasteiger partial charge in [0.15, 0.2) is 11.9 Å². The molecule has 2 heterocycles. The fourth-order valence-corrected chi connectivity index (χ4v) is 2.83. The summed E-state index contributed by atoms with van der Waals surface area (Å²) < 4.78 is 11.3. The van der Waals surface area contributed by atoms with E-state index in [0.29, 0.717) is 11.6 Å². The second-order valence-electron chi connectivity index (χ2n) is 6.14. The van der Waals surface area contributed by atoms with Gasteiger partial charge in [0.1, 0.15) is 0 Å². The lowest BCUT2D eigenvalue weighted by Gasteiger charge is -2.19. The monoisotopic (exact) mass is 370 g/mol. The molecule has 4 rings (SSSR count). The highest BCUT2D eigenvalue weighted by Gasteiger charge is 2.16. The number of nitrogens with zero attached hydrogens (tertiary/aromatic N) is 1. The summed E-state index contributed by atoms with van der Waals surface area (Å²) in [7, 11) is 0. The topological polar surface area (TPSA) is 64.4 Å². The zero-order valence-electron chi connectivity index (χ0n) is 15.0. The standard InChI is InChI=1S/C23H18N2O3/c26-23(20-12-7-15-27-20)25-19-13-14-21(24-16-19)28-22(17-8-3-1-4-9-17)18-10-5-2-6-11-18/h1-16,22H,(H,25,26). The fourth-order valence-electron chi connectivity index (χ4n) is 2.83. The minimum atomic E-state index is -0.327. The smallest absolute Gasteiger partial charge is 0.291 e. The van der Waals surface area contributed by atoms with Crippen LogP contribution < -0.4 is 10.1 Å². The first kappa shape index (κ1) is 17.5. The van der Waals surface area contributed by atoms with E-state index in [2.05, 4.69) is 10.3 Å². The van der Waals surface area contributed by atoms with Crippen LogP contribution in [0.3, 0.4) is 0 Å². The maximum atomic E-state index is 12.0. The number of hydrogen-bond acceptors (Lipinski definition) is 4. The number of furan rings is 1. The Morgan fingerprint density at radius 1 is 0.857 bits per heavy atom. The van der Waals surface area contributed by atoms with Crippen LogP contribution in [-0.2, 0) is 0 Å². The Morgan fingerprint density at radius 3 is 2.07 bits per heavy atom. The van der Waals surface area contributed by atoms with E-state index >= 15 is 0 Å². The van der Waals surface area contributed by atoms with E-state index in [1.807, 2.05) is 60.7 Å². The minimum absolute atomic E-state index is 0.244. The lowest BCUT2D eigenvalue weighted by molar-refractivity contribution is 0.0996. The van der Waals surface area contributed by atoms with Crippen molar-refractivity contribution in [2.45, 2.75) is 6.10 Å². The molecule has 4 aromatic rings. The van der Waals surface area contributed by atoms with Gasteiger partial charge in [-0.3, -0.25) is 4.79 Å². The zero-order valence-corrected chi connectivity index (χ0v) is 15.0. The Bertz CT molecular complexity index is 975. The molecule has 0 saturated carbocycles. The quantitative estimate of drug-likeness (QED) is 0.513. The first-order chi connectivity index (χ1) is 13.8. The molecule has 0 aliphatic rings. The number of benzene rings is 2. The van der Waals surface area contributed by atoms with Crippen LogP contribution in [0.15, 0.2) is 102 Å². The van der Waals surface area contributed by atoms with Crippen LogP contribution in [-0.4, -0.2) is 10.9 Å². The summed E-state index contributed by atoms with van der Waals surface area (Å²) >= 11 is 0. The van der Waals surface area contributed by atoms with Crippen molar-refractivity contribution in [1.29, 1.82) is 0 Å². The molecule has 0 saturated heterocycles. The molecule has 0 unspecified atom stereocenters. The van der Waals surface area contributed by atoms with Gasteiger partial charge in [0.25, 0.3) is 5.91 Å². The summed E-state index contributed by atoms with van der Waals surface area (Å²) in [5, 5.41) is 2.74. The molecule has 138 valence electrons. The number of pyridine rings is 1. The average Bonchev–Trinajstić information content (AvgIpc) is 3.30. The molecule has 0 fully saturated rings. The summed E-state index contributed by atoms with van der Waals surface area (Å²) in [5.41, 5.74) is 2.63. The fraction of sp³-hybridized carbons (Fsp3) is 0.0435. The van der Waals surface area contributed by atoms with Gasteiger partial charge in [-0.25, -0.2) is 4.98 Å². The van der Waals surface area contributed by atoms with Crippen LogP contribution in [0.5, 0.6) is 5.88 Å². The average molecular weight is 370 g/mol. The van der Waals surface area contributed by atoms with Crippen molar-refractivity contribution >= 4 is 11.6 Å². The number of rotatable bonds is 6. The Morgan fingerprint density at radius 2 is 1.54 bits per heavy atom. The molecule has 2 aromatic heterocycles. The number of amides is 1. The van der Waals surface area contributed by atoms with Crippen molar-refractivity contribution in [3.05, 3.63) is 114 Å². The van der Waals surface area contributed by atoms with Crippen molar-refractivity contribution in [2.24, 2.45) is 0 Å². The molecule has 1 amide bonds. The van der Waals surface area contributed by atoms with Crippen molar-refractivity contribution in [1.82, 2.24) is 4.98 Å². The molecule has 0 aliphatic heterocycles. The molecule has 28 heavy (non-hydrogen) atoms. The summed E-state index contributed by atoms with van der Waals surface area (Å²) in [6.07, 6.45) is 2.74. The maximum absolute atomic E-state index is 12.0. The largest absolute Gasteiger partial charge is 0.465 e. The Kier molecular flexibility index (Phi) is 5.15. The third-order valence-electron chi connectivity index (χ3n) is 4.18. The highest BCUT2D eigenvalue weighted by Crippen LogP contribution is 2.27. The summed E-state index contributed by atoms with van der Waals surface area (Å²) in [6.45, 7) is 0. The van der Waals surface area contributed by atoms with E-state index in [1.54, 1.807) is 30.5 Å². The molecule has 5 heteroatoms. The van der Waals surface area contributed by atoms with Gasteiger partial charge < -0.3 is 14.5 Å². The van der Waals surface area contributed by atoms with Gasteiger partial charge >= 0.3 is 0 Å². The highest BCUT2D eigenvalue weighted by atomic mass is 16.5. The molecule has 0 atom stereocenters. The number of carbonyl (C=O) groups excluding carboxylic acids is 1.